The highest BCUT2D eigenvalue weighted by atomic mass is 16.6. The molecule has 0 saturated carbocycles. The van der Waals surface area contributed by atoms with Gasteiger partial charge in [0.25, 0.3) is 5.69 Å². The van der Waals surface area contributed by atoms with Gasteiger partial charge >= 0.3 is 5.63 Å². The normalized spacial score (nSPS) is 17.6. The number of fused-ring (bicyclic) bond motifs is 5. The Morgan fingerprint density at radius 1 is 0.864 bits per heavy atom. The molecule has 1 saturated heterocycles. The van der Waals surface area contributed by atoms with E-state index in [4.69, 9.17) is 9.15 Å². The molecule has 9 nitrogen and oxygen atoms in total. The quantitative estimate of drug-likeness (QED) is 0.185. The topological polar surface area (TPSA) is 106 Å². The fraction of sp³-hybridized carbons (Fsp3) is 0.200. The minimum atomic E-state index is -0.644. The van der Waals surface area contributed by atoms with E-state index < -0.39 is 22.4 Å². The number of rotatable bonds is 5. The lowest BCUT2D eigenvalue weighted by molar-refractivity contribution is -0.384. The number of non-ortho nitro benzene ring substituents is 1. The fourth-order valence-corrected chi connectivity index (χ4v) is 6.74. The molecule has 1 aliphatic heterocycles. The van der Waals surface area contributed by atoms with E-state index in [1.54, 1.807) is 31.4 Å². The maximum atomic E-state index is 14.7. The van der Waals surface area contributed by atoms with Gasteiger partial charge in [0.2, 0.25) is 5.91 Å². The second-order valence-corrected chi connectivity index (χ2v) is 11.1. The standard InChI is InChI=1S/C35H29N3O6/c1-43-29-13-7-6-12-28(29)36-18-20-37(21-19-36)34(39)32-24-8-2-4-10-26(24)33-31(25-9-3-5-11-27(25)35(40)44-33)30(32)22-14-16-23(17-15-22)38(41)42/h2-17,30,32H,18-21H2,1H3. The molecule has 9 heteroatoms. The largest absolute Gasteiger partial charge is 0.495 e. The van der Waals surface area contributed by atoms with Gasteiger partial charge in [-0.3, -0.25) is 14.9 Å². The third-order valence-electron chi connectivity index (χ3n) is 8.81. The monoisotopic (exact) mass is 587 g/mol. The van der Waals surface area contributed by atoms with Crippen LogP contribution in [-0.2, 0) is 4.79 Å². The summed E-state index contributed by atoms with van der Waals surface area (Å²) in [6.45, 7) is 2.30. The average molecular weight is 588 g/mol. The third-order valence-corrected chi connectivity index (χ3v) is 8.81. The predicted molar refractivity (Wildman–Crippen MR) is 167 cm³/mol. The van der Waals surface area contributed by atoms with Crippen LogP contribution in [0.4, 0.5) is 11.4 Å². The van der Waals surface area contributed by atoms with Crippen LogP contribution in [0.1, 0.15) is 28.5 Å². The molecule has 2 aliphatic rings. The van der Waals surface area contributed by atoms with Crippen LogP contribution in [0.15, 0.2) is 106 Å². The summed E-state index contributed by atoms with van der Waals surface area (Å²) in [5, 5.41) is 12.6. The molecule has 220 valence electrons. The number of nitro groups is 1. The van der Waals surface area contributed by atoms with Crippen LogP contribution in [0.5, 0.6) is 5.75 Å². The van der Waals surface area contributed by atoms with Gasteiger partial charge in [-0.15, -0.1) is 0 Å². The first-order chi connectivity index (χ1) is 21.5. The van der Waals surface area contributed by atoms with Crippen molar-refractivity contribution in [2.24, 2.45) is 0 Å². The summed E-state index contributed by atoms with van der Waals surface area (Å²) in [5.41, 5.74) is 3.44. The van der Waals surface area contributed by atoms with Crippen LogP contribution in [0, 0.1) is 10.1 Å². The molecule has 44 heavy (non-hydrogen) atoms. The number of nitro benzene ring substituents is 1. The maximum Gasteiger partial charge on any atom is 0.344 e. The summed E-state index contributed by atoms with van der Waals surface area (Å²) in [5.74, 6) is -0.0143. The maximum absolute atomic E-state index is 14.7. The molecule has 1 aliphatic carbocycles. The van der Waals surface area contributed by atoms with Crippen LogP contribution in [-0.4, -0.2) is 49.0 Å². The average Bonchev–Trinajstić information content (AvgIpc) is 3.07. The van der Waals surface area contributed by atoms with Crippen LogP contribution in [0.25, 0.3) is 22.1 Å². The summed E-state index contributed by atoms with van der Waals surface area (Å²) in [7, 11) is 1.65. The first-order valence-electron chi connectivity index (χ1n) is 14.5. The number of hydrogen-bond donors (Lipinski definition) is 0. The molecule has 0 N–H and O–H groups in total. The van der Waals surface area contributed by atoms with Crippen LogP contribution >= 0.6 is 0 Å². The number of hydrogen-bond acceptors (Lipinski definition) is 7. The van der Waals surface area contributed by atoms with Crippen molar-refractivity contribution < 1.29 is 18.9 Å². The van der Waals surface area contributed by atoms with Gasteiger partial charge in [-0.05, 0) is 34.7 Å². The number of benzene rings is 4. The number of methoxy groups -OCH3 is 1. The second kappa shape index (κ2) is 11.0. The molecule has 1 fully saturated rings. The minimum absolute atomic E-state index is 0.0371. The summed E-state index contributed by atoms with van der Waals surface area (Å²) >= 11 is 0. The van der Waals surface area contributed by atoms with Crippen molar-refractivity contribution in [2.45, 2.75) is 11.8 Å². The van der Waals surface area contributed by atoms with Crippen LogP contribution in [0.3, 0.4) is 0 Å². The highest BCUT2D eigenvalue weighted by Crippen LogP contribution is 2.52. The summed E-state index contributed by atoms with van der Waals surface area (Å²) in [6.07, 6.45) is 0. The summed E-state index contributed by atoms with van der Waals surface area (Å²) in [4.78, 5) is 43.1. The molecule has 0 spiro atoms. The van der Waals surface area contributed by atoms with E-state index in [1.807, 2.05) is 65.6 Å². The smallest absolute Gasteiger partial charge is 0.344 e. The van der Waals surface area contributed by atoms with Gasteiger partial charge in [-0.1, -0.05) is 66.7 Å². The van der Waals surface area contributed by atoms with Crippen molar-refractivity contribution in [1.29, 1.82) is 0 Å². The van der Waals surface area contributed by atoms with Crippen molar-refractivity contribution in [1.82, 2.24) is 4.90 Å². The zero-order valence-corrected chi connectivity index (χ0v) is 24.0. The summed E-state index contributed by atoms with van der Waals surface area (Å²) < 4.78 is 11.6. The fourth-order valence-electron chi connectivity index (χ4n) is 6.74. The Bertz CT molecular complexity index is 1960. The van der Waals surface area contributed by atoms with Gasteiger partial charge in [0.05, 0.1) is 29.0 Å². The number of amides is 1. The molecule has 0 bridgehead atoms. The van der Waals surface area contributed by atoms with E-state index in [1.165, 1.54) is 12.1 Å². The van der Waals surface area contributed by atoms with Crippen molar-refractivity contribution >= 4 is 28.1 Å². The zero-order valence-electron chi connectivity index (χ0n) is 24.0. The van der Waals surface area contributed by atoms with Gasteiger partial charge < -0.3 is 19.0 Å². The van der Waals surface area contributed by atoms with E-state index in [0.717, 1.165) is 28.1 Å². The Morgan fingerprint density at radius 3 is 2.25 bits per heavy atom. The number of piperazine rings is 1. The number of nitrogens with zero attached hydrogens (tertiary/aromatic N) is 3. The molecule has 1 amide bonds. The van der Waals surface area contributed by atoms with Gasteiger partial charge in [-0.25, -0.2) is 4.79 Å². The molecule has 4 aromatic carbocycles. The minimum Gasteiger partial charge on any atom is -0.495 e. The Balaban J connectivity index is 1.35. The SMILES string of the molecule is COc1ccccc1N1CCN(C(=O)C2c3ccccc3-c3oc(=O)c4ccccc4c3C2c2ccc([N+](=O)[O-])cc2)CC1. The van der Waals surface area contributed by atoms with Gasteiger partial charge in [0.1, 0.15) is 11.5 Å². The van der Waals surface area contributed by atoms with Crippen molar-refractivity contribution in [2.75, 3.05) is 38.2 Å². The van der Waals surface area contributed by atoms with Crippen molar-refractivity contribution in [3.63, 3.8) is 0 Å². The highest BCUT2D eigenvalue weighted by molar-refractivity contribution is 5.97. The number of carbonyl (C=O) groups excluding carboxylic acids is 1. The molecule has 0 radical (unpaired) electrons. The van der Waals surface area contributed by atoms with Gasteiger partial charge in [-0.2, -0.15) is 0 Å². The number of carbonyl (C=O) groups is 1. The Labute approximate surface area is 253 Å². The third kappa shape index (κ3) is 4.48. The predicted octanol–water partition coefficient (Wildman–Crippen LogP) is 5.95. The first kappa shape index (κ1) is 27.4. The number of anilines is 1. The lowest BCUT2D eigenvalue weighted by atomic mass is 9.69. The molecule has 2 heterocycles. The van der Waals surface area contributed by atoms with Crippen LogP contribution in [0.2, 0.25) is 0 Å². The number of para-hydroxylation sites is 2. The Kier molecular flexibility index (Phi) is 6.85. The van der Waals surface area contributed by atoms with E-state index in [-0.39, 0.29) is 11.6 Å². The zero-order chi connectivity index (χ0) is 30.4. The molecule has 2 atom stereocenters. The summed E-state index contributed by atoms with van der Waals surface area (Å²) in [6, 6.07) is 29.0. The molecular weight excluding hydrogens is 558 g/mol. The Morgan fingerprint density at radius 2 is 1.52 bits per heavy atom. The van der Waals surface area contributed by atoms with E-state index in [0.29, 0.717) is 48.3 Å². The lowest BCUT2D eigenvalue weighted by Gasteiger charge is -2.41. The van der Waals surface area contributed by atoms with E-state index in [2.05, 4.69) is 4.90 Å². The molecule has 1 aromatic heterocycles. The molecular formula is C35H29N3O6. The van der Waals surface area contributed by atoms with E-state index in [9.17, 15) is 19.7 Å². The van der Waals surface area contributed by atoms with Gasteiger partial charge in [0.15, 0.2) is 0 Å². The molecule has 5 aromatic rings. The van der Waals surface area contributed by atoms with Gasteiger partial charge in [0, 0.05) is 55.4 Å². The first-order valence-corrected chi connectivity index (χ1v) is 14.5. The number of ether oxygens (including phenoxy) is 1. The van der Waals surface area contributed by atoms with E-state index >= 15 is 0 Å². The molecule has 2 unspecified atom stereocenters. The lowest BCUT2D eigenvalue weighted by Crippen LogP contribution is -2.51. The highest BCUT2D eigenvalue weighted by Gasteiger charge is 2.44. The molecule has 7 rings (SSSR count). The van der Waals surface area contributed by atoms with Crippen molar-refractivity contribution in [3.8, 4) is 17.1 Å². The Hall–Kier alpha value is -5.44. The van der Waals surface area contributed by atoms with Crippen LogP contribution < -0.4 is 15.3 Å². The van der Waals surface area contributed by atoms with Crippen molar-refractivity contribution in [3.05, 3.63) is 134 Å². The second-order valence-electron chi connectivity index (χ2n) is 11.1.